The van der Waals surface area contributed by atoms with Crippen molar-refractivity contribution in [3.63, 3.8) is 0 Å². The Morgan fingerprint density at radius 1 is 1.71 bits per heavy atom. The number of ketones is 1. The Morgan fingerprint density at radius 2 is 1.86 bits per heavy atom. The first-order chi connectivity index (χ1) is 3.27. The summed E-state index contributed by atoms with van der Waals surface area (Å²) in [6.07, 6.45) is 0. The van der Waals surface area contributed by atoms with Crippen LogP contribution in [0.5, 0.6) is 0 Å². The molecule has 0 saturated carbocycles. The SMILES string of the molecule is C=C.CC(=O)CBr. The third kappa shape index (κ3) is 25.0. The molecule has 0 unspecified atom stereocenters. The third-order valence-corrected chi connectivity index (χ3v) is 0.978. The van der Waals surface area contributed by atoms with Crippen LogP contribution < -0.4 is 0 Å². The van der Waals surface area contributed by atoms with Crippen LogP contribution in [-0.2, 0) is 4.79 Å². The lowest BCUT2D eigenvalue weighted by Crippen LogP contribution is -1.85. The second kappa shape index (κ2) is 9.31. The Bertz CT molecular complexity index is 52.0. The van der Waals surface area contributed by atoms with E-state index in [4.69, 9.17) is 0 Å². The van der Waals surface area contributed by atoms with E-state index in [2.05, 4.69) is 29.1 Å². The molecule has 7 heavy (non-hydrogen) atoms. The summed E-state index contributed by atoms with van der Waals surface area (Å²) in [6.45, 7) is 7.54. The predicted molar refractivity (Wildman–Crippen MR) is 35.7 cm³/mol. The molecule has 0 atom stereocenters. The van der Waals surface area contributed by atoms with Gasteiger partial charge in [0, 0.05) is 0 Å². The molecule has 0 amide bonds. The van der Waals surface area contributed by atoms with Crippen LogP contribution in [0.1, 0.15) is 6.92 Å². The van der Waals surface area contributed by atoms with Gasteiger partial charge in [0.1, 0.15) is 5.78 Å². The van der Waals surface area contributed by atoms with E-state index in [1.807, 2.05) is 0 Å². The summed E-state index contributed by atoms with van der Waals surface area (Å²) in [5.41, 5.74) is 0. The molecule has 0 aliphatic carbocycles. The largest absolute Gasteiger partial charge is 0.299 e. The maximum absolute atomic E-state index is 9.77. The third-order valence-electron chi connectivity index (χ3n) is 0.188. The zero-order valence-corrected chi connectivity index (χ0v) is 5.99. The number of hydrogen-bond acceptors (Lipinski definition) is 1. The van der Waals surface area contributed by atoms with Gasteiger partial charge in [0.25, 0.3) is 0 Å². The Hall–Kier alpha value is -0.110. The lowest BCUT2D eigenvalue weighted by molar-refractivity contribution is -0.114. The van der Waals surface area contributed by atoms with Gasteiger partial charge in [-0.3, -0.25) is 4.79 Å². The predicted octanol–water partition coefficient (Wildman–Crippen LogP) is 1.77. The molecule has 0 fully saturated rings. The Labute approximate surface area is 52.5 Å². The molecule has 0 aromatic heterocycles. The van der Waals surface area contributed by atoms with E-state index in [1.54, 1.807) is 0 Å². The van der Waals surface area contributed by atoms with Crippen molar-refractivity contribution in [2.75, 3.05) is 5.33 Å². The first-order valence-electron chi connectivity index (χ1n) is 1.82. The van der Waals surface area contributed by atoms with Crippen LogP contribution in [0.4, 0.5) is 0 Å². The molecule has 0 aliphatic heterocycles. The van der Waals surface area contributed by atoms with Gasteiger partial charge in [-0.05, 0) is 6.92 Å². The summed E-state index contributed by atoms with van der Waals surface area (Å²) < 4.78 is 0. The van der Waals surface area contributed by atoms with Crippen LogP contribution in [0, 0.1) is 0 Å². The minimum Gasteiger partial charge on any atom is -0.299 e. The summed E-state index contributed by atoms with van der Waals surface area (Å²) in [5.74, 6) is 0.171. The van der Waals surface area contributed by atoms with Gasteiger partial charge in [-0.1, -0.05) is 15.9 Å². The molecule has 0 N–H and O–H groups in total. The van der Waals surface area contributed by atoms with Crippen molar-refractivity contribution in [1.82, 2.24) is 0 Å². The fourth-order valence-corrected chi connectivity index (χ4v) is 0. The van der Waals surface area contributed by atoms with E-state index in [-0.39, 0.29) is 5.78 Å². The van der Waals surface area contributed by atoms with Gasteiger partial charge in [-0.15, -0.1) is 13.2 Å². The van der Waals surface area contributed by atoms with Crippen molar-refractivity contribution in [1.29, 1.82) is 0 Å². The van der Waals surface area contributed by atoms with Gasteiger partial charge in [-0.25, -0.2) is 0 Å². The number of hydrogen-bond donors (Lipinski definition) is 0. The molecule has 0 saturated heterocycles. The van der Waals surface area contributed by atoms with Gasteiger partial charge < -0.3 is 0 Å². The van der Waals surface area contributed by atoms with Crippen LogP contribution in [0.3, 0.4) is 0 Å². The molecule has 0 radical (unpaired) electrons. The Morgan fingerprint density at radius 3 is 1.86 bits per heavy atom. The van der Waals surface area contributed by atoms with Crippen molar-refractivity contribution in [2.45, 2.75) is 6.92 Å². The average molecular weight is 165 g/mol. The molecule has 1 nitrogen and oxygen atoms in total. The average Bonchev–Trinajstić information content (AvgIpc) is 1.73. The van der Waals surface area contributed by atoms with Crippen LogP contribution in [0.2, 0.25) is 0 Å². The van der Waals surface area contributed by atoms with Crippen molar-refractivity contribution in [3.8, 4) is 0 Å². The van der Waals surface area contributed by atoms with Gasteiger partial charge in [-0.2, -0.15) is 0 Å². The number of halogens is 1. The highest BCUT2D eigenvalue weighted by molar-refractivity contribution is 9.09. The number of rotatable bonds is 1. The second-order valence-electron chi connectivity index (χ2n) is 0.836. The van der Waals surface area contributed by atoms with E-state index in [0.717, 1.165) is 0 Å². The van der Waals surface area contributed by atoms with Crippen LogP contribution >= 0.6 is 15.9 Å². The number of carbonyl (C=O) groups excluding carboxylic acids is 1. The molecule has 0 rings (SSSR count). The van der Waals surface area contributed by atoms with Crippen molar-refractivity contribution in [2.24, 2.45) is 0 Å². The summed E-state index contributed by atoms with van der Waals surface area (Å²) in [6, 6.07) is 0. The second-order valence-corrected chi connectivity index (χ2v) is 1.40. The van der Waals surface area contributed by atoms with Gasteiger partial charge >= 0.3 is 0 Å². The Kier molecular flexibility index (Phi) is 13.3. The molecule has 0 aromatic carbocycles. The van der Waals surface area contributed by atoms with Gasteiger partial charge in [0.15, 0.2) is 0 Å². The lowest BCUT2D eigenvalue weighted by atomic mass is 10.5. The van der Waals surface area contributed by atoms with Crippen LogP contribution in [-0.4, -0.2) is 11.1 Å². The first-order valence-corrected chi connectivity index (χ1v) is 2.95. The maximum Gasteiger partial charge on any atom is 0.140 e. The highest BCUT2D eigenvalue weighted by Crippen LogP contribution is 1.76. The van der Waals surface area contributed by atoms with Crippen molar-refractivity contribution >= 4 is 21.7 Å². The quantitative estimate of drug-likeness (QED) is 0.427. The van der Waals surface area contributed by atoms with Crippen LogP contribution in [0.15, 0.2) is 13.2 Å². The van der Waals surface area contributed by atoms with E-state index < -0.39 is 0 Å². The van der Waals surface area contributed by atoms with Crippen molar-refractivity contribution < 1.29 is 4.79 Å². The minimum atomic E-state index is 0.171. The maximum atomic E-state index is 9.77. The van der Waals surface area contributed by atoms with Crippen LogP contribution in [0.25, 0.3) is 0 Å². The highest BCUT2D eigenvalue weighted by Gasteiger charge is 1.78. The fourth-order valence-electron chi connectivity index (χ4n) is 0. The molecule has 2 heteroatoms. The molecule has 0 aliphatic rings. The molecule has 42 valence electrons. The molecule has 0 bridgehead atoms. The number of Topliss-reactive ketones (excluding diaryl/α,β-unsaturated/α-hetero) is 1. The lowest BCUT2D eigenvalue weighted by Gasteiger charge is -1.69. The number of alkyl halides is 1. The normalized spacial score (nSPS) is 6.00. The molecule has 0 spiro atoms. The highest BCUT2D eigenvalue weighted by atomic mass is 79.9. The topological polar surface area (TPSA) is 17.1 Å². The number of carbonyl (C=O) groups is 1. The van der Waals surface area contributed by atoms with Gasteiger partial charge in [0.2, 0.25) is 0 Å². The molecular weight excluding hydrogens is 156 g/mol. The zero-order valence-electron chi connectivity index (χ0n) is 4.41. The van der Waals surface area contributed by atoms with E-state index >= 15 is 0 Å². The van der Waals surface area contributed by atoms with Crippen molar-refractivity contribution in [3.05, 3.63) is 13.2 Å². The summed E-state index contributed by atoms with van der Waals surface area (Å²) in [7, 11) is 0. The van der Waals surface area contributed by atoms with E-state index in [9.17, 15) is 4.79 Å². The summed E-state index contributed by atoms with van der Waals surface area (Å²) in [5, 5.41) is 0.479. The molecule has 0 aromatic rings. The minimum absolute atomic E-state index is 0.171. The summed E-state index contributed by atoms with van der Waals surface area (Å²) >= 11 is 2.96. The van der Waals surface area contributed by atoms with Gasteiger partial charge in [0.05, 0.1) is 5.33 Å². The van der Waals surface area contributed by atoms with E-state index in [1.165, 1.54) is 6.92 Å². The standard InChI is InChI=1S/C3H5BrO.C2H4/c1-3(5)2-4;1-2/h2H2,1H3;1-2H2. The fraction of sp³-hybridized carbons (Fsp3) is 0.400. The molecular formula is C5H9BrO. The molecule has 0 heterocycles. The first kappa shape index (κ1) is 10.00. The zero-order chi connectivity index (χ0) is 6.28. The summed E-state index contributed by atoms with van der Waals surface area (Å²) in [4.78, 5) is 9.77. The Balaban J connectivity index is 0. The smallest absolute Gasteiger partial charge is 0.140 e. The van der Waals surface area contributed by atoms with E-state index in [0.29, 0.717) is 5.33 Å². The monoisotopic (exact) mass is 164 g/mol.